The first kappa shape index (κ1) is 17.5. The summed E-state index contributed by atoms with van der Waals surface area (Å²) in [5, 5.41) is 4.21. The molecule has 8 heteroatoms. The van der Waals surface area contributed by atoms with Crippen molar-refractivity contribution in [2.24, 2.45) is 0 Å². The van der Waals surface area contributed by atoms with Crippen LogP contribution in [0.1, 0.15) is 5.56 Å². The topological polar surface area (TPSA) is 58.2 Å². The molecule has 0 heterocycles. The lowest BCUT2D eigenvalue weighted by Crippen LogP contribution is -2.29. The maximum Gasteiger partial charge on any atom is 0.471 e. The predicted octanol–water partition coefficient (Wildman–Crippen LogP) is 3.51. The van der Waals surface area contributed by atoms with E-state index < -0.39 is 23.8 Å². The zero-order valence-corrected chi connectivity index (χ0v) is 12.2. The number of carbonyl (C=O) groups is 2. The minimum absolute atomic E-state index is 0.0513. The molecule has 24 heavy (non-hydrogen) atoms. The third kappa shape index (κ3) is 5.08. The molecule has 0 unspecified atom stereocenters. The van der Waals surface area contributed by atoms with Crippen LogP contribution in [0.5, 0.6) is 0 Å². The van der Waals surface area contributed by atoms with Crippen LogP contribution in [0, 0.1) is 5.82 Å². The Balaban J connectivity index is 1.94. The van der Waals surface area contributed by atoms with Gasteiger partial charge in [0.2, 0.25) is 5.91 Å². The van der Waals surface area contributed by atoms with E-state index in [9.17, 15) is 27.2 Å². The van der Waals surface area contributed by atoms with Gasteiger partial charge in [-0.1, -0.05) is 12.1 Å². The van der Waals surface area contributed by atoms with Gasteiger partial charge in [-0.05, 0) is 42.0 Å². The van der Waals surface area contributed by atoms with Crippen molar-refractivity contribution in [3.8, 4) is 0 Å². The molecule has 126 valence electrons. The highest BCUT2D eigenvalue weighted by Crippen LogP contribution is 2.19. The maximum atomic E-state index is 13.0. The molecule has 0 saturated heterocycles. The molecule has 0 radical (unpaired) electrons. The molecule has 0 aliphatic heterocycles. The molecule has 2 rings (SSSR count). The maximum absolute atomic E-state index is 13.0. The Kier molecular flexibility index (Phi) is 5.18. The summed E-state index contributed by atoms with van der Waals surface area (Å²) in [6, 6.07) is 10.7. The summed E-state index contributed by atoms with van der Waals surface area (Å²) in [4.78, 5) is 22.6. The third-order valence-electron chi connectivity index (χ3n) is 2.94. The number of rotatable bonds is 4. The van der Waals surface area contributed by atoms with Crippen molar-refractivity contribution in [2.75, 3.05) is 10.6 Å². The summed E-state index contributed by atoms with van der Waals surface area (Å²) >= 11 is 0. The highest BCUT2D eigenvalue weighted by molar-refractivity contribution is 5.96. The van der Waals surface area contributed by atoms with E-state index >= 15 is 0 Å². The van der Waals surface area contributed by atoms with Crippen LogP contribution in [0.25, 0.3) is 0 Å². The smallest absolute Gasteiger partial charge is 0.326 e. The van der Waals surface area contributed by atoms with Crippen molar-refractivity contribution < 1.29 is 27.2 Å². The molecular weight excluding hydrogens is 328 g/mol. The van der Waals surface area contributed by atoms with Crippen molar-refractivity contribution in [3.05, 3.63) is 59.9 Å². The number of alkyl halides is 3. The van der Waals surface area contributed by atoms with Gasteiger partial charge in [0.1, 0.15) is 5.82 Å². The standard InChI is InChI=1S/C16H12F4N2O2/c17-11-3-1-2-10(8-11)9-14(23)21-12-4-6-13(7-5-12)22-15(24)16(18,19)20/h1-8H,9H2,(H,21,23)(H,22,24). The molecule has 2 aromatic carbocycles. The second-order valence-corrected chi connectivity index (χ2v) is 4.88. The van der Waals surface area contributed by atoms with Crippen LogP contribution in [0.3, 0.4) is 0 Å². The Hall–Kier alpha value is -2.90. The number of benzene rings is 2. The molecule has 0 aliphatic carbocycles. The Bertz CT molecular complexity index is 742. The molecule has 0 aromatic heterocycles. The van der Waals surface area contributed by atoms with E-state index in [0.29, 0.717) is 11.3 Å². The lowest BCUT2D eigenvalue weighted by atomic mass is 10.1. The minimum atomic E-state index is -4.97. The van der Waals surface area contributed by atoms with E-state index in [1.54, 1.807) is 11.4 Å². The summed E-state index contributed by atoms with van der Waals surface area (Å²) in [5.74, 6) is -2.94. The molecule has 0 atom stereocenters. The van der Waals surface area contributed by atoms with Gasteiger partial charge in [-0.2, -0.15) is 13.2 Å². The van der Waals surface area contributed by atoms with Crippen molar-refractivity contribution in [1.82, 2.24) is 0 Å². The van der Waals surface area contributed by atoms with E-state index in [4.69, 9.17) is 0 Å². The summed E-state index contributed by atoms with van der Waals surface area (Å²) in [7, 11) is 0. The van der Waals surface area contributed by atoms with Crippen LogP contribution < -0.4 is 10.6 Å². The van der Waals surface area contributed by atoms with Crippen molar-refractivity contribution >= 4 is 23.2 Å². The Morgan fingerprint density at radius 3 is 2.04 bits per heavy atom. The van der Waals surface area contributed by atoms with Crippen LogP contribution in [0.2, 0.25) is 0 Å². The Labute approximate surface area is 134 Å². The highest BCUT2D eigenvalue weighted by atomic mass is 19.4. The number of hydrogen-bond donors (Lipinski definition) is 2. The average molecular weight is 340 g/mol. The van der Waals surface area contributed by atoms with Crippen LogP contribution in [0.4, 0.5) is 28.9 Å². The normalized spacial score (nSPS) is 11.0. The molecule has 2 amide bonds. The monoisotopic (exact) mass is 340 g/mol. The summed E-state index contributed by atoms with van der Waals surface area (Å²) in [6.45, 7) is 0. The largest absolute Gasteiger partial charge is 0.471 e. The molecule has 0 aliphatic rings. The second kappa shape index (κ2) is 7.12. The van der Waals surface area contributed by atoms with Crippen LogP contribution in [-0.4, -0.2) is 18.0 Å². The highest BCUT2D eigenvalue weighted by Gasteiger charge is 2.38. The molecule has 0 fully saturated rings. The quantitative estimate of drug-likeness (QED) is 0.837. The van der Waals surface area contributed by atoms with E-state index in [-0.39, 0.29) is 12.1 Å². The SMILES string of the molecule is O=C(Cc1cccc(F)c1)Nc1ccc(NC(=O)C(F)(F)F)cc1. The molecular formula is C16H12F4N2O2. The molecule has 2 aromatic rings. The number of nitrogens with one attached hydrogen (secondary N) is 2. The first-order chi connectivity index (χ1) is 11.2. The molecule has 0 saturated carbocycles. The van der Waals surface area contributed by atoms with Gasteiger partial charge in [0.15, 0.2) is 0 Å². The van der Waals surface area contributed by atoms with Crippen LogP contribution in [-0.2, 0) is 16.0 Å². The van der Waals surface area contributed by atoms with E-state index in [2.05, 4.69) is 5.32 Å². The molecule has 4 nitrogen and oxygen atoms in total. The third-order valence-corrected chi connectivity index (χ3v) is 2.94. The van der Waals surface area contributed by atoms with Gasteiger partial charge in [0.25, 0.3) is 0 Å². The fourth-order valence-electron chi connectivity index (χ4n) is 1.88. The molecule has 0 bridgehead atoms. The Morgan fingerprint density at radius 1 is 0.917 bits per heavy atom. The van der Waals surface area contributed by atoms with Crippen LogP contribution in [0.15, 0.2) is 48.5 Å². The average Bonchev–Trinajstić information content (AvgIpc) is 2.48. The predicted molar refractivity (Wildman–Crippen MR) is 79.9 cm³/mol. The summed E-state index contributed by atoms with van der Waals surface area (Å²) in [6.07, 6.45) is -5.03. The van der Waals surface area contributed by atoms with Gasteiger partial charge in [-0.25, -0.2) is 4.39 Å². The van der Waals surface area contributed by atoms with Gasteiger partial charge in [-0.15, -0.1) is 0 Å². The number of halogens is 4. The van der Waals surface area contributed by atoms with Crippen LogP contribution >= 0.6 is 0 Å². The number of anilines is 2. The number of hydrogen-bond acceptors (Lipinski definition) is 2. The lowest BCUT2D eigenvalue weighted by Gasteiger charge is -2.09. The summed E-state index contributed by atoms with van der Waals surface area (Å²) < 4.78 is 49.4. The van der Waals surface area contributed by atoms with Gasteiger partial charge >= 0.3 is 12.1 Å². The second-order valence-electron chi connectivity index (χ2n) is 4.88. The number of carbonyl (C=O) groups excluding carboxylic acids is 2. The van der Waals surface area contributed by atoms with Crippen molar-refractivity contribution in [2.45, 2.75) is 12.6 Å². The first-order valence-corrected chi connectivity index (χ1v) is 6.76. The van der Waals surface area contributed by atoms with Crippen molar-refractivity contribution in [3.63, 3.8) is 0 Å². The van der Waals surface area contributed by atoms with Crippen molar-refractivity contribution in [1.29, 1.82) is 0 Å². The van der Waals surface area contributed by atoms with E-state index in [0.717, 1.165) is 0 Å². The van der Waals surface area contributed by atoms with Gasteiger partial charge in [-0.3, -0.25) is 9.59 Å². The summed E-state index contributed by atoms with van der Waals surface area (Å²) in [5.41, 5.74) is 0.767. The van der Waals surface area contributed by atoms with E-state index in [1.165, 1.54) is 42.5 Å². The van der Waals surface area contributed by atoms with E-state index in [1.807, 2.05) is 0 Å². The lowest BCUT2D eigenvalue weighted by molar-refractivity contribution is -0.167. The van der Waals surface area contributed by atoms with Gasteiger partial charge in [0.05, 0.1) is 6.42 Å². The zero-order chi connectivity index (χ0) is 17.7. The number of amides is 2. The minimum Gasteiger partial charge on any atom is -0.326 e. The fourth-order valence-corrected chi connectivity index (χ4v) is 1.88. The zero-order valence-electron chi connectivity index (χ0n) is 12.2. The molecule has 2 N–H and O–H groups in total. The molecule has 0 spiro atoms. The van der Waals surface area contributed by atoms with Gasteiger partial charge in [0, 0.05) is 11.4 Å². The van der Waals surface area contributed by atoms with Gasteiger partial charge < -0.3 is 10.6 Å². The first-order valence-electron chi connectivity index (χ1n) is 6.76. The fraction of sp³-hybridized carbons (Fsp3) is 0.125. The Morgan fingerprint density at radius 2 is 1.50 bits per heavy atom.